The fraction of sp³-hybridized carbons (Fsp3) is 0.190. The fourth-order valence-corrected chi connectivity index (χ4v) is 2.76. The summed E-state index contributed by atoms with van der Waals surface area (Å²) in [4.78, 5) is 12.2. The molecule has 2 N–H and O–H groups in total. The first-order chi connectivity index (χ1) is 13.5. The van der Waals surface area contributed by atoms with Crippen LogP contribution in [0.25, 0.3) is 11.3 Å². The number of amides is 1. The lowest BCUT2D eigenvalue weighted by Gasteiger charge is -2.11. The van der Waals surface area contributed by atoms with E-state index in [9.17, 15) is 9.90 Å². The number of ether oxygens (including phenoxy) is 2. The summed E-state index contributed by atoms with van der Waals surface area (Å²) in [6.45, 7) is 1.53. The molecular weight excluding hydrogens is 382 g/mol. The molecule has 1 amide bonds. The van der Waals surface area contributed by atoms with Crippen molar-refractivity contribution < 1.29 is 23.8 Å². The van der Waals surface area contributed by atoms with E-state index in [0.29, 0.717) is 39.3 Å². The number of carbonyl (C=O) groups is 1. The molecule has 0 aliphatic heterocycles. The van der Waals surface area contributed by atoms with Crippen molar-refractivity contribution in [1.29, 1.82) is 0 Å². The van der Waals surface area contributed by atoms with Gasteiger partial charge in [0.05, 0.1) is 12.7 Å². The first-order valence-corrected chi connectivity index (χ1v) is 8.94. The van der Waals surface area contributed by atoms with Crippen molar-refractivity contribution >= 4 is 23.2 Å². The van der Waals surface area contributed by atoms with E-state index in [4.69, 9.17) is 25.5 Å². The molecule has 6 nitrogen and oxygen atoms in total. The molecule has 0 aliphatic rings. The highest BCUT2D eigenvalue weighted by Crippen LogP contribution is 2.33. The smallest absolute Gasteiger partial charge is 0.262 e. The first kappa shape index (κ1) is 19.8. The van der Waals surface area contributed by atoms with E-state index in [0.717, 1.165) is 5.56 Å². The number of methoxy groups -OCH3 is 1. The zero-order valence-electron chi connectivity index (χ0n) is 15.5. The highest BCUT2D eigenvalue weighted by atomic mass is 35.5. The minimum Gasteiger partial charge on any atom is -0.496 e. The molecule has 0 bridgehead atoms. The Bertz CT molecular complexity index is 983. The van der Waals surface area contributed by atoms with Crippen LogP contribution < -0.4 is 14.8 Å². The van der Waals surface area contributed by atoms with Crippen LogP contribution in [0.15, 0.2) is 52.9 Å². The van der Waals surface area contributed by atoms with Crippen molar-refractivity contribution in [2.24, 2.45) is 0 Å². The summed E-state index contributed by atoms with van der Waals surface area (Å²) in [6.07, 6.45) is 0. The van der Waals surface area contributed by atoms with Crippen LogP contribution in [0, 0.1) is 6.92 Å². The van der Waals surface area contributed by atoms with Crippen molar-refractivity contribution in [2.75, 3.05) is 19.0 Å². The third kappa shape index (κ3) is 4.65. The van der Waals surface area contributed by atoms with E-state index >= 15 is 0 Å². The molecular formula is C21H20ClNO5. The summed E-state index contributed by atoms with van der Waals surface area (Å²) in [7, 11) is 1.55. The van der Waals surface area contributed by atoms with Gasteiger partial charge in [-0.05, 0) is 61.0 Å². The number of hydrogen-bond acceptors (Lipinski definition) is 5. The van der Waals surface area contributed by atoms with Gasteiger partial charge in [-0.25, -0.2) is 0 Å². The second-order valence-electron chi connectivity index (χ2n) is 6.09. The van der Waals surface area contributed by atoms with Crippen LogP contribution in [0.3, 0.4) is 0 Å². The minimum absolute atomic E-state index is 0.141. The predicted octanol–water partition coefficient (Wildman–Crippen LogP) is 4.43. The van der Waals surface area contributed by atoms with E-state index in [1.165, 1.54) is 0 Å². The molecule has 3 aromatic rings. The number of benzene rings is 2. The number of aliphatic hydroxyl groups excluding tert-OH is 1. The Morgan fingerprint density at radius 1 is 1.18 bits per heavy atom. The van der Waals surface area contributed by atoms with Crippen LogP contribution in [0.1, 0.15) is 11.3 Å². The van der Waals surface area contributed by atoms with Gasteiger partial charge in [0.15, 0.2) is 6.61 Å². The molecule has 0 spiro atoms. The van der Waals surface area contributed by atoms with E-state index in [-0.39, 0.29) is 19.1 Å². The minimum atomic E-state index is -0.306. The molecule has 28 heavy (non-hydrogen) atoms. The molecule has 0 aliphatic carbocycles. The number of rotatable bonds is 7. The van der Waals surface area contributed by atoms with Crippen LogP contribution in [0.2, 0.25) is 5.02 Å². The number of aryl methyl sites for hydroxylation is 1. The Hall–Kier alpha value is -2.96. The van der Waals surface area contributed by atoms with Gasteiger partial charge < -0.3 is 24.3 Å². The lowest BCUT2D eigenvalue weighted by molar-refractivity contribution is -0.118. The fourth-order valence-electron chi connectivity index (χ4n) is 2.64. The Kier molecular flexibility index (Phi) is 6.23. The standard InChI is InChI=1S/C21H20ClNO5/c1-13-9-15(4-6-18(13)22)27-12-21(25)23-14-3-7-19(26-2)17(10-14)20-8-5-16(11-24)28-20/h3-10,24H,11-12H2,1-2H3,(H,23,25). The summed E-state index contributed by atoms with van der Waals surface area (Å²) >= 11 is 5.98. The molecule has 0 radical (unpaired) electrons. The number of nitrogens with one attached hydrogen (secondary N) is 1. The van der Waals surface area contributed by atoms with Crippen LogP contribution in [0.4, 0.5) is 5.69 Å². The summed E-state index contributed by atoms with van der Waals surface area (Å²) in [5, 5.41) is 12.6. The average molecular weight is 402 g/mol. The lowest BCUT2D eigenvalue weighted by atomic mass is 10.1. The molecule has 1 aromatic heterocycles. The van der Waals surface area contributed by atoms with Gasteiger partial charge in [-0.1, -0.05) is 11.6 Å². The molecule has 3 rings (SSSR count). The molecule has 2 aromatic carbocycles. The predicted molar refractivity (Wildman–Crippen MR) is 107 cm³/mol. The molecule has 0 fully saturated rings. The second kappa shape index (κ2) is 8.82. The summed E-state index contributed by atoms with van der Waals surface area (Å²) in [5.41, 5.74) is 2.10. The third-order valence-corrected chi connectivity index (χ3v) is 4.49. The molecule has 1 heterocycles. The maximum Gasteiger partial charge on any atom is 0.262 e. The van der Waals surface area contributed by atoms with E-state index in [1.54, 1.807) is 55.6 Å². The zero-order valence-corrected chi connectivity index (χ0v) is 16.2. The molecule has 0 atom stereocenters. The van der Waals surface area contributed by atoms with Crippen LogP contribution in [0.5, 0.6) is 11.5 Å². The Morgan fingerprint density at radius 3 is 2.68 bits per heavy atom. The number of carbonyl (C=O) groups excluding carboxylic acids is 1. The topological polar surface area (TPSA) is 80.9 Å². The number of furan rings is 1. The Balaban J connectivity index is 1.70. The molecule has 146 valence electrons. The molecule has 0 saturated heterocycles. The van der Waals surface area contributed by atoms with E-state index in [2.05, 4.69) is 5.32 Å². The molecule has 0 unspecified atom stereocenters. The van der Waals surface area contributed by atoms with Gasteiger partial charge >= 0.3 is 0 Å². The summed E-state index contributed by atoms with van der Waals surface area (Å²) in [6, 6.07) is 13.8. The van der Waals surface area contributed by atoms with E-state index < -0.39 is 0 Å². The van der Waals surface area contributed by atoms with Crippen LogP contribution >= 0.6 is 11.6 Å². The lowest BCUT2D eigenvalue weighted by Crippen LogP contribution is -2.20. The Labute approximate surface area is 167 Å². The van der Waals surface area contributed by atoms with Crippen molar-refractivity contribution in [1.82, 2.24) is 0 Å². The highest BCUT2D eigenvalue weighted by molar-refractivity contribution is 6.31. The number of aliphatic hydroxyl groups is 1. The van der Waals surface area contributed by atoms with Crippen molar-refractivity contribution in [3.8, 4) is 22.8 Å². The average Bonchev–Trinajstić information content (AvgIpc) is 3.18. The van der Waals surface area contributed by atoms with E-state index in [1.807, 2.05) is 6.92 Å². The van der Waals surface area contributed by atoms with Crippen molar-refractivity contribution in [2.45, 2.75) is 13.5 Å². The van der Waals surface area contributed by atoms with Gasteiger partial charge in [-0.2, -0.15) is 0 Å². The van der Waals surface area contributed by atoms with Crippen LogP contribution in [-0.4, -0.2) is 24.7 Å². The summed E-state index contributed by atoms with van der Waals surface area (Å²) < 4.78 is 16.4. The van der Waals surface area contributed by atoms with Gasteiger partial charge in [0.1, 0.15) is 29.6 Å². The summed E-state index contributed by atoms with van der Waals surface area (Å²) in [5.74, 6) is 1.83. The molecule has 7 heteroatoms. The number of halogens is 1. The highest BCUT2D eigenvalue weighted by Gasteiger charge is 2.13. The Morgan fingerprint density at radius 2 is 2.00 bits per heavy atom. The van der Waals surface area contributed by atoms with Crippen LogP contribution in [-0.2, 0) is 11.4 Å². The van der Waals surface area contributed by atoms with Crippen molar-refractivity contribution in [3.05, 3.63) is 64.9 Å². The largest absolute Gasteiger partial charge is 0.496 e. The quantitative estimate of drug-likeness (QED) is 0.612. The maximum atomic E-state index is 12.2. The zero-order chi connectivity index (χ0) is 20.1. The first-order valence-electron chi connectivity index (χ1n) is 8.57. The van der Waals surface area contributed by atoms with Gasteiger partial charge in [0.2, 0.25) is 0 Å². The maximum absolute atomic E-state index is 12.2. The third-order valence-electron chi connectivity index (χ3n) is 4.07. The van der Waals surface area contributed by atoms with Gasteiger partial charge in [0.25, 0.3) is 5.91 Å². The van der Waals surface area contributed by atoms with Gasteiger partial charge in [0, 0.05) is 10.7 Å². The normalized spacial score (nSPS) is 10.6. The molecule has 0 saturated carbocycles. The monoisotopic (exact) mass is 401 g/mol. The SMILES string of the molecule is COc1ccc(NC(=O)COc2ccc(Cl)c(C)c2)cc1-c1ccc(CO)o1. The van der Waals surface area contributed by atoms with Crippen molar-refractivity contribution in [3.63, 3.8) is 0 Å². The van der Waals surface area contributed by atoms with Gasteiger partial charge in [-0.3, -0.25) is 4.79 Å². The number of anilines is 1. The number of hydrogen-bond donors (Lipinski definition) is 2. The van der Waals surface area contributed by atoms with Gasteiger partial charge in [-0.15, -0.1) is 0 Å². The second-order valence-corrected chi connectivity index (χ2v) is 6.49.